The first-order chi connectivity index (χ1) is 8.00. The van der Waals surface area contributed by atoms with E-state index in [1.165, 1.54) is 0 Å². The Kier molecular flexibility index (Phi) is 5.22. The lowest BCUT2D eigenvalue weighted by Crippen LogP contribution is -2.41. The molecule has 0 aromatic carbocycles. The summed E-state index contributed by atoms with van der Waals surface area (Å²) in [6.45, 7) is 8.46. The highest BCUT2D eigenvalue weighted by Gasteiger charge is 2.13. The average Bonchev–Trinajstić information content (AvgIpc) is 2.79. The van der Waals surface area contributed by atoms with Gasteiger partial charge in [-0.15, -0.1) is 0 Å². The van der Waals surface area contributed by atoms with Crippen LogP contribution in [0.15, 0.2) is 22.8 Å². The minimum atomic E-state index is 0.0182. The maximum Gasteiger partial charge on any atom is 0.234 e. The summed E-state index contributed by atoms with van der Waals surface area (Å²) >= 11 is 0. The third-order valence-corrected chi connectivity index (χ3v) is 2.93. The minimum absolute atomic E-state index is 0.0182. The van der Waals surface area contributed by atoms with Crippen molar-refractivity contribution >= 4 is 5.91 Å². The molecule has 1 heterocycles. The fourth-order valence-electron chi connectivity index (χ4n) is 1.36. The topological polar surface area (TPSA) is 54.3 Å². The molecule has 4 heteroatoms. The summed E-state index contributed by atoms with van der Waals surface area (Å²) in [6.07, 6.45) is 1.63. The molecule has 0 radical (unpaired) electrons. The molecule has 0 saturated heterocycles. The van der Waals surface area contributed by atoms with Gasteiger partial charge in [0, 0.05) is 6.04 Å². The number of nitrogens with one attached hydrogen (secondary N) is 2. The zero-order chi connectivity index (χ0) is 12.8. The largest absolute Gasteiger partial charge is 0.468 e. The SMILES string of the molecule is CC(C)C(C)NC(=O)CN[C@H](C)c1ccco1. The number of carbonyl (C=O) groups excluding carboxylic acids is 1. The fraction of sp³-hybridized carbons (Fsp3) is 0.615. The van der Waals surface area contributed by atoms with E-state index in [-0.39, 0.29) is 18.0 Å². The Hall–Kier alpha value is -1.29. The van der Waals surface area contributed by atoms with Gasteiger partial charge >= 0.3 is 0 Å². The van der Waals surface area contributed by atoms with E-state index in [0.29, 0.717) is 12.5 Å². The number of hydrogen-bond acceptors (Lipinski definition) is 3. The molecule has 2 N–H and O–H groups in total. The molecule has 1 aromatic rings. The van der Waals surface area contributed by atoms with E-state index in [0.717, 1.165) is 5.76 Å². The second-order valence-corrected chi connectivity index (χ2v) is 4.72. The van der Waals surface area contributed by atoms with E-state index in [1.54, 1.807) is 6.26 Å². The summed E-state index contributed by atoms with van der Waals surface area (Å²) in [5, 5.41) is 6.07. The molecule has 1 amide bonds. The van der Waals surface area contributed by atoms with Gasteiger partial charge in [-0.05, 0) is 31.9 Å². The number of rotatable bonds is 6. The molecular weight excluding hydrogens is 216 g/mol. The van der Waals surface area contributed by atoms with Crippen molar-refractivity contribution in [3.63, 3.8) is 0 Å². The Morgan fingerprint density at radius 3 is 2.59 bits per heavy atom. The van der Waals surface area contributed by atoms with Crippen molar-refractivity contribution in [3.05, 3.63) is 24.2 Å². The summed E-state index contributed by atoms with van der Waals surface area (Å²) in [6, 6.07) is 3.98. The molecule has 0 saturated carbocycles. The summed E-state index contributed by atoms with van der Waals surface area (Å²) in [4.78, 5) is 11.6. The van der Waals surface area contributed by atoms with Crippen molar-refractivity contribution in [1.29, 1.82) is 0 Å². The highest BCUT2D eigenvalue weighted by molar-refractivity contribution is 5.78. The molecule has 0 fully saturated rings. The predicted octanol–water partition coefficient (Wildman–Crippen LogP) is 2.09. The van der Waals surface area contributed by atoms with Crippen LogP contribution in [-0.2, 0) is 4.79 Å². The third-order valence-electron chi connectivity index (χ3n) is 2.93. The van der Waals surface area contributed by atoms with Gasteiger partial charge in [-0.1, -0.05) is 13.8 Å². The molecule has 4 nitrogen and oxygen atoms in total. The third kappa shape index (κ3) is 4.61. The van der Waals surface area contributed by atoms with Crippen LogP contribution in [0.4, 0.5) is 0 Å². The first kappa shape index (κ1) is 13.8. The van der Waals surface area contributed by atoms with Crippen LogP contribution < -0.4 is 10.6 Å². The van der Waals surface area contributed by atoms with Gasteiger partial charge in [0.2, 0.25) is 5.91 Å². The van der Waals surface area contributed by atoms with E-state index < -0.39 is 0 Å². The highest BCUT2D eigenvalue weighted by atomic mass is 16.3. The van der Waals surface area contributed by atoms with Crippen molar-refractivity contribution in [2.24, 2.45) is 5.92 Å². The zero-order valence-electron chi connectivity index (χ0n) is 11.0. The Labute approximate surface area is 103 Å². The number of carbonyl (C=O) groups is 1. The van der Waals surface area contributed by atoms with Crippen molar-refractivity contribution in [1.82, 2.24) is 10.6 Å². The molecule has 96 valence electrons. The lowest BCUT2D eigenvalue weighted by atomic mass is 10.1. The molecule has 0 aliphatic heterocycles. The van der Waals surface area contributed by atoms with Crippen molar-refractivity contribution < 1.29 is 9.21 Å². The lowest BCUT2D eigenvalue weighted by Gasteiger charge is -2.18. The lowest BCUT2D eigenvalue weighted by molar-refractivity contribution is -0.121. The van der Waals surface area contributed by atoms with Crippen LogP contribution in [0, 0.1) is 5.92 Å². The molecule has 1 rings (SSSR count). The van der Waals surface area contributed by atoms with E-state index in [4.69, 9.17) is 4.42 Å². The van der Waals surface area contributed by atoms with Crippen LogP contribution >= 0.6 is 0 Å². The normalized spacial score (nSPS) is 14.6. The summed E-state index contributed by atoms with van der Waals surface area (Å²) < 4.78 is 5.25. The standard InChI is InChI=1S/C13H22N2O2/c1-9(2)10(3)15-13(16)8-14-11(4)12-6-5-7-17-12/h5-7,9-11,14H,8H2,1-4H3,(H,15,16)/t10?,11-/m1/s1. The Morgan fingerprint density at radius 1 is 1.35 bits per heavy atom. The summed E-state index contributed by atoms with van der Waals surface area (Å²) in [5.74, 6) is 1.31. The molecule has 2 atom stereocenters. The molecule has 17 heavy (non-hydrogen) atoms. The van der Waals surface area contributed by atoms with Gasteiger partial charge in [-0.3, -0.25) is 10.1 Å². The van der Waals surface area contributed by atoms with E-state index in [1.807, 2.05) is 26.0 Å². The van der Waals surface area contributed by atoms with Crippen LogP contribution in [0.25, 0.3) is 0 Å². The van der Waals surface area contributed by atoms with Crippen LogP contribution in [0.5, 0.6) is 0 Å². The highest BCUT2D eigenvalue weighted by Crippen LogP contribution is 2.11. The van der Waals surface area contributed by atoms with E-state index >= 15 is 0 Å². The van der Waals surface area contributed by atoms with E-state index in [2.05, 4.69) is 24.5 Å². The Balaban J connectivity index is 2.29. The summed E-state index contributed by atoms with van der Waals surface area (Å²) in [5.41, 5.74) is 0. The molecule has 0 bridgehead atoms. The van der Waals surface area contributed by atoms with Crippen molar-refractivity contribution in [3.8, 4) is 0 Å². The molecule has 1 unspecified atom stereocenters. The molecule has 0 aliphatic rings. The zero-order valence-corrected chi connectivity index (χ0v) is 11.0. The van der Waals surface area contributed by atoms with Crippen molar-refractivity contribution in [2.75, 3.05) is 6.54 Å². The minimum Gasteiger partial charge on any atom is -0.468 e. The van der Waals surface area contributed by atoms with Gasteiger partial charge in [0.1, 0.15) is 5.76 Å². The Bertz CT molecular complexity index is 333. The smallest absolute Gasteiger partial charge is 0.234 e. The predicted molar refractivity (Wildman–Crippen MR) is 67.6 cm³/mol. The summed E-state index contributed by atoms with van der Waals surface area (Å²) in [7, 11) is 0. The first-order valence-electron chi connectivity index (χ1n) is 6.07. The average molecular weight is 238 g/mol. The van der Waals surface area contributed by atoms with Crippen LogP contribution in [-0.4, -0.2) is 18.5 Å². The Morgan fingerprint density at radius 2 is 2.06 bits per heavy atom. The van der Waals surface area contributed by atoms with Gasteiger partial charge in [0.15, 0.2) is 0 Å². The van der Waals surface area contributed by atoms with Crippen molar-refractivity contribution in [2.45, 2.75) is 39.8 Å². The van der Waals surface area contributed by atoms with Gasteiger partial charge < -0.3 is 9.73 Å². The second-order valence-electron chi connectivity index (χ2n) is 4.72. The number of furan rings is 1. The maximum atomic E-state index is 11.6. The number of hydrogen-bond donors (Lipinski definition) is 2. The molecule has 0 spiro atoms. The van der Waals surface area contributed by atoms with Gasteiger partial charge in [-0.25, -0.2) is 0 Å². The first-order valence-corrected chi connectivity index (χ1v) is 6.07. The van der Waals surface area contributed by atoms with Gasteiger partial charge in [0.25, 0.3) is 0 Å². The second kappa shape index (κ2) is 6.45. The molecule has 0 aliphatic carbocycles. The van der Waals surface area contributed by atoms with Crippen LogP contribution in [0.3, 0.4) is 0 Å². The molecular formula is C13H22N2O2. The maximum absolute atomic E-state index is 11.6. The monoisotopic (exact) mass is 238 g/mol. The van der Waals surface area contributed by atoms with Crippen LogP contribution in [0.2, 0.25) is 0 Å². The van der Waals surface area contributed by atoms with Gasteiger partial charge in [0.05, 0.1) is 18.8 Å². The quantitative estimate of drug-likeness (QED) is 0.798. The molecule has 1 aromatic heterocycles. The number of amides is 1. The van der Waals surface area contributed by atoms with Gasteiger partial charge in [-0.2, -0.15) is 0 Å². The fourth-order valence-corrected chi connectivity index (χ4v) is 1.36. The van der Waals surface area contributed by atoms with E-state index in [9.17, 15) is 4.79 Å². The van der Waals surface area contributed by atoms with Crippen LogP contribution in [0.1, 0.15) is 39.5 Å².